The van der Waals surface area contributed by atoms with E-state index in [1.165, 1.54) is 11.3 Å². The number of nitrogens with zero attached hydrogens (tertiary/aromatic N) is 3. The highest BCUT2D eigenvalue weighted by atomic mass is 79.9. The lowest BCUT2D eigenvalue weighted by Gasteiger charge is -2.00. The molecular weight excluding hydrogens is 284 g/mol. The van der Waals surface area contributed by atoms with E-state index in [0.717, 1.165) is 9.73 Å². The normalized spacial score (nSPS) is 10.4. The molecule has 0 atom stereocenters. The zero-order valence-electron chi connectivity index (χ0n) is 6.85. The van der Waals surface area contributed by atoms with Crippen LogP contribution in [-0.4, -0.2) is 19.5 Å². The molecule has 2 N–H and O–H groups in total. The van der Waals surface area contributed by atoms with E-state index in [1.807, 2.05) is 5.38 Å². The van der Waals surface area contributed by atoms with Crippen molar-refractivity contribution in [2.45, 2.75) is 0 Å². The van der Waals surface area contributed by atoms with E-state index in [-0.39, 0.29) is 4.99 Å². The molecule has 0 fully saturated rings. The maximum Gasteiger partial charge on any atom is 0.196 e. The molecule has 0 aliphatic heterocycles. The van der Waals surface area contributed by atoms with Crippen LogP contribution >= 0.6 is 39.5 Å². The minimum Gasteiger partial charge on any atom is -0.387 e. The fourth-order valence-corrected chi connectivity index (χ4v) is 2.38. The van der Waals surface area contributed by atoms with Gasteiger partial charge >= 0.3 is 0 Å². The number of aromatic nitrogens is 3. The Hall–Kier alpha value is -0.790. The van der Waals surface area contributed by atoms with Gasteiger partial charge in [0.05, 0.1) is 0 Å². The predicted molar refractivity (Wildman–Crippen MR) is 62.8 cm³/mol. The second-order valence-corrected chi connectivity index (χ2v) is 4.53. The van der Waals surface area contributed by atoms with Gasteiger partial charge in [0.2, 0.25) is 0 Å². The zero-order valence-corrected chi connectivity index (χ0v) is 10.1. The molecule has 7 heteroatoms. The van der Waals surface area contributed by atoms with E-state index >= 15 is 0 Å². The largest absolute Gasteiger partial charge is 0.387 e. The number of thiazole rings is 1. The number of imidazole rings is 1. The van der Waals surface area contributed by atoms with Crippen LogP contribution in [0.5, 0.6) is 0 Å². The van der Waals surface area contributed by atoms with E-state index in [1.54, 1.807) is 17.0 Å². The Bertz CT molecular complexity index is 475. The molecule has 0 aliphatic carbocycles. The molecule has 0 aliphatic rings. The fraction of sp³-hybridized carbons (Fsp3) is 0. The van der Waals surface area contributed by atoms with Crippen molar-refractivity contribution in [3.8, 4) is 5.13 Å². The van der Waals surface area contributed by atoms with Crippen molar-refractivity contribution < 1.29 is 0 Å². The lowest BCUT2D eigenvalue weighted by Crippen LogP contribution is -2.15. The predicted octanol–water partition coefficient (Wildman–Crippen LogP) is 1.73. The van der Waals surface area contributed by atoms with Crippen molar-refractivity contribution in [3.63, 3.8) is 0 Å². The van der Waals surface area contributed by atoms with Crippen LogP contribution < -0.4 is 5.73 Å². The molecule has 0 aromatic carbocycles. The Morgan fingerprint density at radius 3 is 3.00 bits per heavy atom. The first kappa shape index (κ1) is 9.75. The number of halogens is 1. The van der Waals surface area contributed by atoms with E-state index in [0.29, 0.717) is 5.82 Å². The Balaban J connectivity index is 2.51. The SMILES string of the molecule is NC(=S)c1nccn1-c1nc(Br)cs1. The summed E-state index contributed by atoms with van der Waals surface area (Å²) < 4.78 is 2.55. The Morgan fingerprint density at radius 1 is 1.64 bits per heavy atom. The second kappa shape index (κ2) is 3.76. The summed E-state index contributed by atoms with van der Waals surface area (Å²) in [6.45, 7) is 0. The summed E-state index contributed by atoms with van der Waals surface area (Å²) in [5.74, 6) is 0.557. The van der Waals surface area contributed by atoms with Gasteiger partial charge in [-0.05, 0) is 15.9 Å². The third-order valence-electron chi connectivity index (χ3n) is 1.53. The monoisotopic (exact) mass is 288 g/mol. The van der Waals surface area contributed by atoms with Crippen molar-refractivity contribution in [1.29, 1.82) is 0 Å². The van der Waals surface area contributed by atoms with E-state index < -0.39 is 0 Å². The maximum atomic E-state index is 5.52. The summed E-state index contributed by atoms with van der Waals surface area (Å²) in [7, 11) is 0. The molecule has 4 nitrogen and oxygen atoms in total. The van der Waals surface area contributed by atoms with E-state index in [4.69, 9.17) is 18.0 Å². The van der Waals surface area contributed by atoms with Gasteiger partial charge in [0.25, 0.3) is 0 Å². The molecule has 2 heterocycles. The first-order valence-corrected chi connectivity index (χ1v) is 5.71. The highest BCUT2D eigenvalue weighted by Gasteiger charge is 2.09. The van der Waals surface area contributed by atoms with Crippen LogP contribution in [-0.2, 0) is 0 Å². The topological polar surface area (TPSA) is 56.7 Å². The molecule has 2 aromatic rings. The lowest BCUT2D eigenvalue weighted by molar-refractivity contribution is 1.01. The summed E-state index contributed by atoms with van der Waals surface area (Å²) >= 11 is 9.64. The van der Waals surface area contributed by atoms with Crippen LogP contribution in [0, 0.1) is 0 Å². The van der Waals surface area contributed by atoms with Gasteiger partial charge < -0.3 is 5.73 Å². The number of hydrogen-bond donors (Lipinski definition) is 1. The van der Waals surface area contributed by atoms with Gasteiger partial charge in [0.15, 0.2) is 11.0 Å². The summed E-state index contributed by atoms with van der Waals surface area (Å²) in [6.07, 6.45) is 3.42. The second-order valence-electron chi connectivity index (χ2n) is 2.44. The zero-order chi connectivity index (χ0) is 10.1. The quantitative estimate of drug-likeness (QED) is 0.855. The van der Waals surface area contributed by atoms with E-state index in [9.17, 15) is 0 Å². The minimum atomic E-state index is 0.265. The number of hydrogen-bond acceptors (Lipinski definition) is 4. The number of thiocarbonyl (C=S) groups is 1. The molecule has 2 aromatic heterocycles. The van der Waals surface area contributed by atoms with Crippen molar-refractivity contribution in [2.75, 3.05) is 0 Å². The van der Waals surface area contributed by atoms with Gasteiger partial charge in [-0.15, -0.1) is 11.3 Å². The Morgan fingerprint density at radius 2 is 2.43 bits per heavy atom. The van der Waals surface area contributed by atoms with Crippen LogP contribution in [0.4, 0.5) is 0 Å². The Kier molecular flexibility index (Phi) is 2.62. The molecule has 0 saturated heterocycles. The van der Waals surface area contributed by atoms with Crippen LogP contribution in [0.1, 0.15) is 5.82 Å². The molecule has 2 rings (SSSR count). The van der Waals surface area contributed by atoms with Gasteiger partial charge in [-0.3, -0.25) is 4.57 Å². The Labute approximate surface area is 97.9 Å². The van der Waals surface area contributed by atoms with Crippen molar-refractivity contribution >= 4 is 44.5 Å². The standard InChI is InChI=1S/C7H5BrN4S2/c8-4-3-14-7(11-4)12-2-1-10-6(12)5(9)13/h1-3H,(H2,9,13). The molecule has 0 saturated carbocycles. The molecule has 0 spiro atoms. The van der Waals surface area contributed by atoms with Gasteiger partial charge in [-0.1, -0.05) is 12.2 Å². The molecule has 0 radical (unpaired) electrons. The summed E-state index contributed by atoms with van der Waals surface area (Å²) in [4.78, 5) is 8.55. The molecular formula is C7H5BrN4S2. The average molecular weight is 289 g/mol. The van der Waals surface area contributed by atoms with Crippen LogP contribution in [0.25, 0.3) is 5.13 Å². The third kappa shape index (κ3) is 1.70. The maximum absolute atomic E-state index is 5.52. The van der Waals surface area contributed by atoms with Crippen LogP contribution in [0.2, 0.25) is 0 Å². The third-order valence-corrected chi connectivity index (χ3v) is 3.26. The van der Waals surface area contributed by atoms with E-state index in [2.05, 4.69) is 25.9 Å². The smallest absolute Gasteiger partial charge is 0.196 e. The molecule has 72 valence electrons. The van der Waals surface area contributed by atoms with Gasteiger partial charge in [0, 0.05) is 17.8 Å². The molecule has 0 unspecified atom stereocenters. The summed E-state index contributed by atoms with van der Waals surface area (Å²) in [6, 6.07) is 0. The van der Waals surface area contributed by atoms with Gasteiger partial charge in [0.1, 0.15) is 9.59 Å². The highest BCUT2D eigenvalue weighted by molar-refractivity contribution is 9.10. The number of rotatable bonds is 2. The van der Waals surface area contributed by atoms with Crippen molar-refractivity contribution in [1.82, 2.24) is 14.5 Å². The molecule has 0 amide bonds. The summed E-state index contributed by atoms with van der Waals surface area (Å²) in [5, 5.41) is 2.68. The fourth-order valence-electron chi connectivity index (χ4n) is 0.996. The number of nitrogens with two attached hydrogens (primary N) is 1. The van der Waals surface area contributed by atoms with Crippen LogP contribution in [0.3, 0.4) is 0 Å². The molecule has 0 bridgehead atoms. The van der Waals surface area contributed by atoms with Crippen molar-refractivity contribution in [3.05, 3.63) is 28.2 Å². The lowest BCUT2D eigenvalue weighted by atomic mass is 10.6. The molecule has 14 heavy (non-hydrogen) atoms. The van der Waals surface area contributed by atoms with Crippen LogP contribution in [0.15, 0.2) is 22.4 Å². The first-order valence-electron chi connectivity index (χ1n) is 3.63. The first-order chi connectivity index (χ1) is 6.68. The minimum absolute atomic E-state index is 0.265. The van der Waals surface area contributed by atoms with Crippen molar-refractivity contribution in [2.24, 2.45) is 5.73 Å². The summed E-state index contributed by atoms with van der Waals surface area (Å²) in [5.41, 5.74) is 5.52. The van der Waals surface area contributed by atoms with Gasteiger partial charge in [-0.25, -0.2) is 9.97 Å². The van der Waals surface area contributed by atoms with Gasteiger partial charge in [-0.2, -0.15) is 0 Å². The highest BCUT2D eigenvalue weighted by Crippen LogP contribution is 2.19. The average Bonchev–Trinajstić information content (AvgIpc) is 2.70.